The third-order valence-corrected chi connectivity index (χ3v) is 8.47. The zero-order chi connectivity index (χ0) is 28.9. The van der Waals surface area contributed by atoms with Crippen molar-refractivity contribution < 1.29 is 9.53 Å². The van der Waals surface area contributed by atoms with Gasteiger partial charge in [0.2, 0.25) is 0 Å². The third kappa shape index (κ3) is 6.72. The van der Waals surface area contributed by atoms with Gasteiger partial charge in [0.1, 0.15) is 11.9 Å². The molecule has 4 aromatic rings. The summed E-state index contributed by atoms with van der Waals surface area (Å²) in [6.07, 6.45) is 5.59. The minimum atomic E-state index is -0.0789. The summed E-state index contributed by atoms with van der Waals surface area (Å²) < 4.78 is 6.38. The Kier molecular flexibility index (Phi) is 8.34. The van der Waals surface area contributed by atoms with Crippen LogP contribution in [0, 0.1) is 18.3 Å². The number of anilines is 1. The summed E-state index contributed by atoms with van der Waals surface area (Å²) in [5.74, 6) is 0.745. The Hall–Kier alpha value is -4.41. The molecule has 0 radical (unpaired) electrons. The van der Waals surface area contributed by atoms with Gasteiger partial charge in [-0.1, -0.05) is 29.8 Å². The molecule has 7 heteroatoms. The summed E-state index contributed by atoms with van der Waals surface area (Å²) in [5.41, 5.74) is 5.86. The van der Waals surface area contributed by atoms with Gasteiger partial charge in [-0.05, 0) is 73.9 Å². The van der Waals surface area contributed by atoms with Crippen LogP contribution in [-0.2, 0) is 6.54 Å². The molecule has 3 heterocycles. The monoisotopic (exact) mass is 559 g/mol. The minimum absolute atomic E-state index is 0.0789. The number of nitriles is 1. The SMILES string of the molecule is Cc1ccc(N2CCC(Oc3ccc4ncc(C(=O)NC5CCN(Cc6ccc(C#N)cc6)CC5)cc4c3)CC2)cc1. The Labute approximate surface area is 247 Å². The van der Waals surface area contributed by atoms with Crippen molar-refractivity contribution in [3.05, 3.63) is 101 Å². The predicted octanol–water partition coefficient (Wildman–Crippen LogP) is 5.86. The zero-order valence-electron chi connectivity index (χ0n) is 24.1. The fourth-order valence-electron chi connectivity index (χ4n) is 5.93. The van der Waals surface area contributed by atoms with Gasteiger partial charge < -0.3 is 15.0 Å². The lowest BCUT2D eigenvalue weighted by atomic mass is 10.0. The summed E-state index contributed by atoms with van der Waals surface area (Å²) in [4.78, 5) is 22.5. The van der Waals surface area contributed by atoms with Crippen molar-refractivity contribution in [2.45, 2.75) is 51.3 Å². The molecule has 3 aromatic carbocycles. The van der Waals surface area contributed by atoms with E-state index in [1.54, 1.807) is 6.20 Å². The predicted molar refractivity (Wildman–Crippen MR) is 166 cm³/mol. The molecule has 0 bridgehead atoms. The van der Waals surface area contributed by atoms with Crippen LogP contribution in [0.15, 0.2) is 79.0 Å². The number of rotatable bonds is 7. The first-order valence-electron chi connectivity index (χ1n) is 14.9. The number of piperidine rings is 2. The van der Waals surface area contributed by atoms with Crippen LogP contribution >= 0.6 is 0 Å². The van der Waals surface area contributed by atoms with E-state index < -0.39 is 0 Å². The number of likely N-dealkylation sites (tertiary alicyclic amines) is 1. The van der Waals surface area contributed by atoms with E-state index in [1.165, 1.54) is 16.8 Å². The van der Waals surface area contributed by atoms with Gasteiger partial charge in [0.25, 0.3) is 5.91 Å². The molecule has 0 atom stereocenters. The van der Waals surface area contributed by atoms with E-state index >= 15 is 0 Å². The normalized spacial score (nSPS) is 16.7. The Morgan fingerprint density at radius 3 is 2.40 bits per heavy atom. The maximum absolute atomic E-state index is 13.1. The molecular weight excluding hydrogens is 522 g/mol. The van der Waals surface area contributed by atoms with Crippen molar-refractivity contribution in [1.82, 2.24) is 15.2 Å². The van der Waals surface area contributed by atoms with Crippen molar-refractivity contribution in [3.8, 4) is 11.8 Å². The van der Waals surface area contributed by atoms with Gasteiger partial charge in [-0.25, -0.2) is 0 Å². The average molecular weight is 560 g/mol. The molecule has 6 rings (SSSR count). The van der Waals surface area contributed by atoms with E-state index in [0.717, 1.165) is 75.1 Å². The molecule has 2 aliphatic heterocycles. The van der Waals surface area contributed by atoms with Crippen LogP contribution in [0.3, 0.4) is 0 Å². The molecule has 2 aliphatic rings. The highest BCUT2D eigenvalue weighted by Crippen LogP contribution is 2.26. The van der Waals surface area contributed by atoms with Gasteiger partial charge >= 0.3 is 0 Å². The molecule has 42 heavy (non-hydrogen) atoms. The lowest BCUT2D eigenvalue weighted by molar-refractivity contribution is 0.0908. The molecule has 0 saturated carbocycles. The van der Waals surface area contributed by atoms with Crippen LogP contribution < -0.4 is 15.0 Å². The standard InChI is InChI=1S/C35H37N5O2/c1-25-2-8-31(9-3-25)40-18-14-32(15-19-40)42-33-10-11-34-28(21-33)20-29(23-37-34)35(41)38-30-12-16-39(17-13-30)24-27-6-4-26(22-36)5-7-27/h2-11,20-21,23,30,32H,12-19,24H2,1H3,(H,38,41). The molecule has 2 fully saturated rings. The molecule has 1 N–H and O–H groups in total. The second-order valence-corrected chi connectivity index (χ2v) is 11.6. The fourth-order valence-corrected chi connectivity index (χ4v) is 5.93. The number of carbonyl (C=O) groups excluding carboxylic acids is 1. The summed E-state index contributed by atoms with van der Waals surface area (Å²) in [5, 5.41) is 13.1. The number of hydrogen-bond acceptors (Lipinski definition) is 6. The van der Waals surface area contributed by atoms with Crippen molar-refractivity contribution in [2.24, 2.45) is 0 Å². The van der Waals surface area contributed by atoms with E-state index in [9.17, 15) is 4.79 Å². The van der Waals surface area contributed by atoms with E-state index in [1.807, 2.05) is 48.5 Å². The number of pyridine rings is 1. The highest BCUT2D eigenvalue weighted by atomic mass is 16.5. The van der Waals surface area contributed by atoms with E-state index in [-0.39, 0.29) is 18.1 Å². The van der Waals surface area contributed by atoms with Crippen LogP contribution in [0.2, 0.25) is 0 Å². The first-order valence-corrected chi connectivity index (χ1v) is 14.9. The Morgan fingerprint density at radius 2 is 1.69 bits per heavy atom. The number of aryl methyl sites for hydroxylation is 1. The van der Waals surface area contributed by atoms with Crippen molar-refractivity contribution in [1.29, 1.82) is 5.26 Å². The van der Waals surface area contributed by atoms with E-state index in [4.69, 9.17) is 10.00 Å². The Morgan fingerprint density at radius 1 is 0.952 bits per heavy atom. The van der Waals surface area contributed by atoms with Crippen molar-refractivity contribution in [2.75, 3.05) is 31.1 Å². The number of amides is 1. The van der Waals surface area contributed by atoms with E-state index in [2.05, 4.69) is 57.4 Å². The number of nitrogens with one attached hydrogen (secondary N) is 1. The number of hydrogen-bond donors (Lipinski definition) is 1. The maximum atomic E-state index is 13.1. The van der Waals surface area contributed by atoms with Crippen LogP contribution in [-0.4, -0.2) is 54.1 Å². The molecule has 0 aliphatic carbocycles. The quantitative estimate of drug-likeness (QED) is 0.306. The van der Waals surface area contributed by atoms with Gasteiger partial charge in [-0.15, -0.1) is 0 Å². The minimum Gasteiger partial charge on any atom is -0.490 e. The van der Waals surface area contributed by atoms with E-state index in [0.29, 0.717) is 11.1 Å². The lowest BCUT2D eigenvalue weighted by Crippen LogP contribution is -2.44. The van der Waals surface area contributed by atoms with Crippen LogP contribution in [0.1, 0.15) is 52.7 Å². The van der Waals surface area contributed by atoms with Gasteiger partial charge in [0.05, 0.1) is 22.7 Å². The van der Waals surface area contributed by atoms with Crippen LogP contribution in [0.4, 0.5) is 5.69 Å². The summed E-state index contributed by atoms with van der Waals surface area (Å²) in [6.45, 7) is 6.77. The van der Waals surface area contributed by atoms with Crippen molar-refractivity contribution in [3.63, 3.8) is 0 Å². The second kappa shape index (κ2) is 12.6. The fraction of sp³-hybridized carbons (Fsp3) is 0.343. The van der Waals surface area contributed by atoms with Gasteiger partial charge in [-0.2, -0.15) is 5.26 Å². The highest BCUT2D eigenvalue weighted by Gasteiger charge is 2.23. The Balaban J connectivity index is 1.01. The number of nitrogens with zero attached hydrogens (tertiary/aromatic N) is 4. The molecule has 1 aromatic heterocycles. The zero-order valence-corrected chi connectivity index (χ0v) is 24.1. The number of ether oxygens (including phenoxy) is 1. The maximum Gasteiger partial charge on any atom is 0.253 e. The van der Waals surface area contributed by atoms with Gasteiger partial charge in [0, 0.05) is 68.9 Å². The molecule has 2 saturated heterocycles. The first-order chi connectivity index (χ1) is 20.5. The van der Waals surface area contributed by atoms with Gasteiger partial charge in [0.15, 0.2) is 0 Å². The largest absolute Gasteiger partial charge is 0.490 e. The van der Waals surface area contributed by atoms with Crippen molar-refractivity contribution >= 4 is 22.5 Å². The number of aromatic nitrogens is 1. The third-order valence-electron chi connectivity index (χ3n) is 8.47. The topological polar surface area (TPSA) is 81.5 Å². The smallest absolute Gasteiger partial charge is 0.253 e. The molecule has 214 valence electrons. The molecule has 0 unspecified atom stereocenters. The molecule has 1 amide bonds. The first kappa shape index (κ1) is 27.7. The molecule has 7 nitrogen and oxygen atoms in total. The van der Waals surface area contributed by atoms with Gasteiger partial charge in [-0.3, -0.25) is 14.7 Å². The summed E-state index contributed by atoms with van der Waals surface area (Å²) in [7, 11) is 0. The second-order valence-electron chi connectivity index (χ2n) is 11.6. The number of carbonyl (C=O) groups is 1. The Bertz CT molecular complexity index is 1560. The van der Waals surface area contributed by atoms with Crippen LogP contribution in [0.5, 0.6) is 5.75 Å². The summed E-state index contributed by atoms with van der Waals surface area (Å²) >= 11 is 0. The summed E-state index contributed by atoms with van der Waals surface area (Å²) in [6, 6.07) is 26.7. The number of benzene rings is 3. The lowest BCUT2D eigenvalue weighted by Gasteiger charge is -2.33. The number of fused-ring (bicyclic) bond motifs is 1. The highest BCUT2D eigenvalue weighted by molar-refractivity contribution is 5.97. The molecular formula is C35H37N5O2. The molecule has 0 spiro atoms. The van der Waals surface area contributed by atoms with Crippen LogP contribution in [0.25, 0.3) is 10.9 Å². The average Bonchev–Trinajstić information content (AvgIpc) is 3.03.